The highest BCUT2D eigenvalue weighted by Gasteiger charge is 2.16. The summed E-state index contributed by atoms with van der Waals surface area (Å²) in [5.41, 5.74) is 2.22. The molecule has 1 rings (SSSR count). The van der Waals surface area contributed by atoms with Crippen LogP contribution in [0.3, 0.4) is 0 Å². The summed E-state index contributed by atoms with van der Waals surface area (Å²) in [5, 5.41) is 9.14. The maximum absolute atomic E-state index is 11.2. The van der Waals surface area contributed by atoms with E-state index in [1.807, 2.05) is 20.8 Å². The molecule has 0 bridgehead atoms. The molecule has 0 radical (unpaired) electrons. The number of hydrogen-bond acceptors (Lipinski definition) is 3. The molecule has 1 aromatic carbocycles. The highest BCUT2D eigenvalue weighted by molar-refractivity contribution is 5.91. The molecule has 0 fully saturated rings. The lowest BCUT2D eigenvalue weighted by molar-refractivity contribution is 0.0483. The first-order valence-corrected chi connectivity index (χ1v) is 5.47. The van der Waals surface area contributed by atoms with E-state index >= 15 is 0 Å². The van der Waals surface area contributed by atoms with Crippen molar-refractivity contribution < 1.29 is 19.4 Å². The van der Waals surface area contributed by atoms with Crippen LogP contribution < -0.4 is 4.74 Å². The van der Waals surface area contributed by atoms with E-state index in [1.54, 1.807) is 12.1 Å². The highest BCUT2D eigenvalue weighted by atomic mass is 16.7. The van der Waals surface area contributed by atoms with Crippen LogP contribution in [0.5, 0.6) is 5.75 Å². The molecular formula is C13H18O4. The zero-order valence-corrected chi connectivity index (χ0v) is 10.6. The molecule has 0 aromatic heterocycles. The fourth-order valence-corrected chi connectivity index (χ4v) is 1.73. The van der Waals surface area contributed by atoms with Gasteiger partial charge in [0.25, 0.3) is 0 Å². The molecule has 0 spiro atoms. The van der Waals surface area contributed by atoms with Crippen molar-refractivity contribution in [2.75, 3.05) is 13.9 Å². The minimum Gasteiger partial charge on any atom is -0.478 e. The minimum atomic E-state index is -0.988. The largest absolute Gasteiger partial charge is 0.478 e. The Kier molecular flexibility index (Phi) is 4.52. The zero-order valence-electron chi connectivity index (χ0n) is 10.6. The van der Waals surface area contributed by atoms with Gasteiger partial charge in [0.2, 0.25) is 0 Å². The SMILES string of the molecule is COCOc1cc(C)c(C(C)C)cc1C(=O)O. The Balaban J connectivity index is 3.21. The average Bonchev–Trinajstić information content (AvgIpc) is 2.25. The molecule has 1 N–H and O–H groups in total. The van der Waals surface area contributed by atoms with Gasteiger partial charge in [-0.3, -0.25) is 0 Å². The lowest BCUT2D eigenvalue weighted by atomic mass is 9.95. The van der Waals surface area contributed by atoms with Gasteiger partial charge in [-0.1, -0.05) is 13.8 Å². The van der Waals surface area contributed by atoms with Crippen molar-refractivity contribution in [1.82, 2.24) is 0 Å². The second-order valence-corrected chi connectivity index (χ2v) is 4.22. The molecule has 0 aliphatic carbocycles. The van der Waals surface area contributed by atoms with Crippen molar-refractivity contribution in [2.45, 2.75) is 26.7 Å². The van der Waals surface area contributed by atoms with Crippen molar-refractivity contribution in [3.63, 3.8) is 0 Å². The normalized spacial score (nSPS) is 10.6. The maximum Gasteiger partial charge on any atom is 0.339 e. The molecule has 0 aliphatic rings. The maximum atomic E-state index is 11.2. The molecule has 0 aliphatic heterocycles. The third-order valence-electron chi connectivity index (χ3n) is 2.55. The highest BCUT2D eigenvalue weighted by Crippen LogP contribution is 2.28. The fraction of sp³-hybridized carbons (Fsp3) is 0.462. The molecule has 0 saturated carbocycles. The average molecular weight is 238 g/mol. The number of hydrogen-bond donors (Lipinski definition) is 1. The Morgan fingerprint density at radius 2 is 2.06 bits per heavy atom. The number of aryl methyl sites for hydroxylation is 1. The van der Waals surface area contributed by atoms with Crippen LogP contribution in [0.4, 0.5) is 0 Å². The number of benzene rings is 1. The van der Waals surface area contributed by atoms with Gasteiger partial charge in [-0.2, -0.15) is 0 Å². The number of rotatable bonds is 5. The van der Waals surface area contributed by atoms with Crippen LogP contribution in [0.1, 0.15) is 41.3 Å². The van der Waals surface area contributed by atoms with Crippen LogP contribution in [0.25, 0.3) is 0 Å². The van der Waals surface area contributed by atoms with Crippen LogP contribution in [0.15, 0.2) is 12.1 Å². The van der Waals surface area contributed by atoms with Crippen molar-refractivity contribution >= 4 is 5.97 Å². The first-order chi connectivity index (χ1) is 7.97. The van der Waals surface area contributed by atoms with Gasteiger partial charge in [0.05, 0.1) is 0 Å². The third-order valence-corrected chi connectivity index (χ3v) is 2.55. The predicted octanol–water partition coefficient (Wildman–Crippen LogP) is 2.80. The minimum absolute atomic E-state index is 0.0424. The lowest BCUT2D eigenvalue weighted by Gasteiger charge is -2.15. The number of carboxylic acids is 1. The van der Waals surface area contributed by atoms with Gasteiger partial charge >= 0.3 is 5.97 Å². The number of methoxy groups -OCH3 is 1. The van der Waals surface area contributed by atoms with Gasteiger partial charge < -0.3 is 14.6 Å². The van der Waals surface area contributed by atoms with E-state index < -0.39 is 5.97 Å². The predicted molar refractivity (Wildman–Crippen MR) is 64.7 cm³/mol. The summed E-state index contributed by atoms with van der Waals surface area (Å²) >= 11 is 0. The molecule has 1 aromatic rings. The Hall–Kier alpha value is -1.55. The first-order valence-electron chi connectivity index (χ1n) is 5.47. The van der Waals surface area contributed by atoms with Crippen molar-refractivity contribution in [3.05, 3.63) is 28.8 Å². The summed E-state index contributed by atoms with van der Waals surface area (Å²) in [6.07, 6.45) is 0. The van der Waals surface area contributed by atoms with Crippen LogP contribution in [-0.4, -0.2) is 25.0 Å². The van der Waals surface area contributed by atoms with E-state index in [2.05, 4.69) is 0 Å². The van der Waals surface area contributed by atoms with E-state index in [9.17, 15) is 4.79 Å². The molecule has 0 amide bonds. The number of carbonyl (C=O) groups is 1. The summed E-state index contributed by atoms with van der Waals surface area (Å²) in [6.45, 7) is 6.05. The molecule has 94 valence electrons. The Morgan fingerprint density at radius 3 is 2.53 bits per heavy atom. The molecule has 0 atom stereocenters. The molecule has 4 nitrogen and oxygen atoms in total. The van der Waals surface area contributed by atoms with Gasteiger partial charge in [-0.05, 0) is 36.1 Å². The lowest BCUT2D eigenvalue weighted by Crippen LogP contribution is -2.07. The van der Waals surface area contributed by atoms with Gasteiger partial charge in [-0.15, -0.1) is 0 Å². The number of aromatic carboxylic acids is 1. The van der Waals surface area contributed by atoms with Crippen molar-refractivity contribution in [2.24, 2.45) is 0 Å². The van der Waals surface area contributed by atoms with Gasteiger partial charge in [0.15, 0.2) is 6.79 Å². The van der Waals surface area contributed by atoms with Crippen molar-refractivity contribution in [1.29, 1.82) is 0 Å². The van der Waals surface area contributed by atoms with Crippen LogP contribution >= 0.6 is 0 Å². The third kappa shape index (κ3) is 3.20. The van der Waals surface area contributed by atoms with E-state index in [-0.39, 0.29) is 18.3 Å². The van der Waals surface area contributed by atoms with Gasteiger partial charge in [0, 0.05) is 7.11 Å². The smallest absolute Gasteiger partial charge is 0.339 e. The van der Waals surface area contributed by atoms with Gasteiger partial charge in [-0.25, -0.2) is 4.79 Å². The zero-order chi connectivity index (χ0) is 13.0. The molecule has 0 heterocycles. The monoisotopic (exact) mass is 238 g/mol. The topological polar surface area (TPSA) is 55.8 Å². The number of ether oxygens (including phenoxy) is 2. The molecule has 0 saturated heterocycles. The summed E-state index contributed by atoms with van der Waals surface area (Å²) < 4.78 is 10.0. The molecular weight excluding hydrogens is 220 g/mol. The first kappa shape index (κ1) is 13.5. The summed E-state index contributed by atoms with van der Waals surface area (Å²) in [5.74, 6) is -0.358. The second-order valence-electron chi connectivity index (χ2n) is 4.22. The number of carboxylic acid groups (broad SMARTS) is 1. The van der Waals surface area contributed by atoms with Gasteiger partial charge in [0.1, 0.15) is 11.3 Å². The quantitative estimate of drug-likeness (QED) is 0.801. The van der Waals surface area contributed by atoms with E-state index in [0.29, 0.717) is 5.75 Å². The second kappa shape index (κ2) is 5.68. The van der Waals surface area contributed by atoms with E-state index in [4.69, 9.17) is 14.6 Å². The fourth-order valence-electron chi connectivity index (χ4n) is 1.73. The molecule has 4 heteroatoms. The van der Waals surface area contributed by atoms with E-state index in [1.165, 1.54) is 7.11 Å². The Labute approximate surface area is 101 Å². The standard InChI is InChI=1S/C13H18O4/c1-8(2)10-6-11(13(14)15)12(5-9(10)3)17-7-16-4/h5-6,8H,7H2,1-4H3,(H,14,15). The summed E-state index contributed by atoms with van der Waals surface area (Å²) in [7, 11) is 1.50. The van der Waals surface area contributed by atoms with Crippen LogP contribution in [-0.2, 0) is 4.74 Å². The Morgan fingerprint density at radius 1 is 1.41 bits per heavy atom. The van der Waals surface area contributed by atoms with Crippen molar-refractivity contribution in [3.8, 4) is 5.75 Å². The summed E-state index contributed by atoms with van der Waals surface area (Å²) in [6, 6.07) is 3.42. The summed E-state index contributed by atoms with van der Waals surface area (Å²) in [4.78, 5) is 11.2. The van der Waals surface area contributed by atoms with Crippen LogP contribution in [0.2, 0.25) is 0 Å². The molecule has 17 heavy (non-hydrogen) atoms. The Bertz CT molecular complexity index is 410. The van der Waals surface area contributed by atoms with E-state index in [0.717, 1.165) is 11.1 Å². The van der Waals surface area contributed by atoms with Crippen LogP contribution in [0, 0.1) is 6.92 Å². The molecule has 0 unspecified atom stereocenters.